The molecule has 0 fully saturated rings. The molecule has 0 heterocycles. The number of rotatable bonds is 4. The summed E-state index contributed by atoms with van der Waals surface area (Å²) in [6.07, 6.45) is 0. The third kappa shape index (κ3) is 2.14. The van der Waals surface area contributed by atoms with Crippen molar-refractivity contribution in [2.75, 3.05) is 0 Å². The number of aliphatic carboxylic acids is 1. The lowest BCUT2D eigenvalue weighted by Crippen LogP contribution is -2.39. The van der Waals surface area contributed by atoms with Gasteiger partial charge in [0.15, 0.2) is 11.8 Å². The van der Waals surface area contributed by atoms with Crippen LogP contribution in [0.25, 0.3) is 0 Å². The Labute approximate surface area is 79.3 Å². The van der Waals surface area contributed by atoms with Crippen LogP contribution in [0.2, 0.25) is 0 Å². The fourth-order valence-electron chi connectivity index (χ4n) is 0.977. The summed E-state index contributed by atoms with van der Waals surface area (Å²) in [6, 6.07) is 5.84. The lowest BCUT2D eigenvalue weighted by molar-refractivity contribution is -0.139. The Morgan fingerprint density at radius 1 is 1.29 bits per heavy atom. The predicted octanol–water partition coefficient (Wildman–Crippen LogP) is 0.797. The quantitative estimate of drug-likeness (QED) is 0.425. The number of carbonyl (C=O) groups excluding carboxylic acids is 1. The SMILES string of the molecule is O=C(O)[C@@H](NF)C(=O)c1ccccc1. The molecule has 1 aromatic rings. The molecule has 1 atom stereocenters. The Balaban J connectivity index is 2.89. The molecule has 0 aliphatic carbocycles. The molecule has 14 heavy (non-hydrogen) atoms. The molecule has 0 spiro atoms. The molecule has 0 saturated heterocycles. The summed E-state index contributed by atoms with van der Waals surface area (Å²) < 4.78 is 12.0. The maximum atomic E-state index is 12.0. The second-order valence-corrected chi connectivity index (χ2v) is 2.61. The van der Waals surface area contributed by atoms with E-state index in [1.807, 2.05) is 0 Å². The van der Waals surface area contributed by atoms with Crippen LogP contribution in [-0.2, 0) is 4.79 Å². The highest BCUT2D eigenvalue weighted by molar-refractivity contribution is 6.11. The van der Waals surface area contributed by atoms with Crippen molar-refractivity contribution < 1.29 is 19.2 Å². The molecule has 0 aliphatic rings. The van der Waals surface area contributed by atoms with Gasteiger partial charge in [0.1, 0.15) is 0 Å². The second-order valence-electron chi connectivity index (χ2n) is 2.61. The van der Waals surface area contributed by atoms with Crippen LogP contribution in [0.3, 0.4) is 0 Å². The van der Waals surface area contributed by atoms with Gasteiger partial charge in [-0.3, -0.25) is 4.79 Å². The van der Waals surface area contributed by atoms with Crippen molar-refractivity contribution in [1.82, 2.24) is 5.54 Å². The molecular formula is C9H8FNO3. The summed E-state index contributed by atoms with van der Waals surface area (Å²) in [5.74, 6) is -2.35. The van der Waals surface area contributed by atoms with Crippen molar-refractivity contribution in [2.45, 2.75) is 6.04 Å². The number of ketones is 1. The van der Waals surface area contributed by atoms with E-state index in [1.165, 1.54) is 12.1 Å². The zero-order chi connectivity index (χ0) is 10.6. The van der Waals surface area contributed by atoms with Gasteiger partial charge >= 0.3 is 5.97 Å². The monoisotopic (exact) mass is 197 g/mol. The number of Topliss-reactive ketones (excluding diaryl/α,β-unsaturated/α-hetero) is 1. The van der Waals surface area contributed by atoms with Crippen LogP contribution in [0.1, 0.15) is 10.4 Å². The second kappa shape index (κ2) is 4.48. The number of carboxylic acid groups (broad SMARTS) is 1. The minimum absolute atomic E-state index is 0.157. The van der Waals surface area contributed by atoms with E-state index in [4.69, 9.17) is 5.11 Å². The zero-order valence-electron chi connectivity index (χ0n) is 7.11. The van der Waals surface area contributed by atoms with E-state index in [1.54, 1.807) is 18.2 Å². The lowest BCUT2D eigenvalue weighted by Gasteiger charge is -2.06. The van der Waals surface area contributed by atoms with Gasteiger partial charge in [0, 0.05) is 5.56 Å². The summed E-state index contributed by atoms with van der Waals surface area (Å²) >= 11 is 0. The van der Waals surface area contributed by atoms with Crippen LogP contribution in [0, 0.1) is 0 Å². The fraction of sp³-hybridized carbons (Fsp3) is 0.111. The van der Waals surface area contributed by atoms with Gasteiger partial charge in [-0.05, 0) is 0 Å². The minimum atomic E-state index is -1.84. The van der Waals surface area contributed by atoms with Crippen LogP contribution in [0.5, 0.6) is 0 Å². The van der Waals surface area contributed by atoms with Gasteiger partial charge in [0.25, 0.3) is 0 Å². The van der Waals surface area contributed by atoms with Crippen LogP contribution >= 0.6 is 0 Å². The fourth-order valence-corrected chi connectivity index (χ4v) is 0.977. The number of carbonyl (C=O) groups is 2. The number of hydrogen-bond donors (Lipinski definition) is 2. The molecule has 0 bridgehead atoms. The first-order valence-electron chi connectivity index (χ1n) is 3.85. The summed E-state index contributed by atoms with van der Waals surface area (Å²) in [4.78, 5) is 21.8. The van der Waals surface area contributed by atoms with E-state index in [0.29, 0.717) is 0 Å². The highest BCUT2D eigenvalue weighted by Gasteiger charge is 2.26. The van der Waals surface area contributed by atoms with E-state index in [9.17, 15) is 14.1 Å². The van der Waals surface area contributed by atoms with Crippen molar-refractivity contribution in [3.63, 3.8) is 0 Å². The van der Waals surface area contributed by atoms with Crippen molar-refractivity contribution in [3.05, 3.63) is 35.9 Å². The van der Waals surface area contributed by atoms with Gasteiger partial charge in [0.2, 0.25) is 0 Å². The normalized spacial score (nSPS) is 12.1. The highest BCUT2D eigenvalue weighted by atomic mass is 19.2. The van der Waals surface area contributed by atoms with Crippen molar-refractivity contribution >= 4 is 11.8 Å². The molecule has 5 heteroatoms. The molecule has 0 aliphatic heterocycles. The van der Waals surface area contributed by atoms with Gasteiger partial charge in [-0.15, -0.1) is 10.0 Å². The Morgan fingerprint density at radius 2 is 1.86 bits per heavy atom. The summed E-state index contributed by atoms with van der Waals surface area (Å²) in [7, 11) is 0. The van der Waals surface area contributed by atoms with Crippen LogP contribution in [0.15, 0.2) is 30.3 Å². The van der Waals surface area contributed by atoms with Gasteiger partial charge in [-0.25, -0.2) is 4.79 Å². The summed E-state index contributed by atoms with van der Waals surface area (Å²) in [5, 5.41) is 8.48. The first kappa shape index (κ1) is 10.3. The molecule has 1 rings (SSSR count). The largest absolute Gasteiger partial charge is 0.480 e. The Kier molecular flexibility index (Phi) is 3.30. The van der Waals surface area contributed by atoms with E-state index in [2.05, 4.69) is 0 Å². The number of carboxylic acids is 1. The smallest absolute Gasteiger partial charge is 0.331 e. The number of hydrogen-bond acceptors (Lipinski definition) is 3. The third-order valence-corrected chi connectivity index (χ3v) is 1.68. The predicted molar refractivity (Wildman–Crippen MR) is 46.4 cm³/mol. The molecule has 0 radical (unpaired) electrons. The molecule has 0 saturated carbocycles. The van der Waals surface area contributed by atoms with E-state index >= 15 is 0 Å². The average molecular weight is 197 g/mol. The van der Waals surface area contributed by atoms with Gasteiger partial charge in [0.05, 0.1) is 0 Å². The maximum absolute atomic E-state index is 12.0. The van der Waals surface area contributed by atoms with E-state index < -0.39 is 17.8 Å². The van der Waals surface area contributed by atoms with Crippen molar-refractivity contribution in [2.24, 2.45) is 0 Å². The summed E-state index contributed by atoms with van der Waals surface area (Å²) in [6.45, 7) is 0. The van der Waals surface area contributed by atoms with Gasteiger partial charge in [-0.1, -0.05) is 30.3 Å². The standard InChI is InChI=1S/C9H8FNO3/c10-11-7(9(13)14)8(12)6-4-2-1-3-5-6/h1-5,7,11H,(H,13,14)/t7-/m0/s1. The highest BCUT2D eigenvalue weighted by Crippen LogP contribution is 2.03. The molecule has 0 unspecified atom stereocenters. The zero-order valence-corrected chi connectivity index (χ0v) is 7.11. The molecule has 1 aromatic carbocycles. The first-order valence-corrected chi connectivity index (χ1v) is 3.85. The average Bonchev–Trinajstić information content (AvgIpc) is 2.19. The topological polar surface area (TPSA) is 66.4 Å². The summed E-state index contributed by atoms with van der Waals surface area (Å²) in [5.41, 5.74) is 1.11. The van der Waals surface area contributed by atoms with Crippen LogP contribution in [0.4, 0.5) is 4.48 Å². The Hall–Kier alpha value is -1.75. The molecule has 0 aromatic heterocycles. The molecule has 2 N–H and O–H groups in total. The van der Waals surface area contributed by atoms with Crippen molar-refractivity contribution in [1.29, 1.82) is 0 Å². The maximum Gasteiger partial charge on any atom is 0.331 e. The van der Waals surface area contributed by atoms with Gasteiger partial charge < -0.3 is 5.11 Å². The van der Waals surface area contributed by atoms with Gasteiger partial charge in [-0.2, -0.15) is 0 Å². The molecule has 0 amide bonds. The lowest BCUT2D eigenvalue weighted by atomic mass is 10.1. The number of halogens is 1. The van der Waals surface area contributed by atoms with Crippen LogP contribution in [-0.4, -0.2) is 22.9 Å². The molecule has 74 valence electrons. The number of benzene rings is 1. The Morgan fingerprint density at radius 3 is 2.29 bits per heavy atom. The minimum Gasteiger partial charge on any atom is -0.480 e. The first-order chi connectivity index (χ1) is 6.66. The van der Waals surface area contributed by atoms with E-state index in [-0.39, 0.29) is 5.56 Å². The third-order valence-electron chi connectivity index (χ3n) is 1.68. The molecular weight excluding hydrogens is 189 g/mol. The van der Waals surface area contributed by atoms with Crippen LogP contribution < -0.4 is 5.54 Å². The number of nitrogens with one attached hydrogen (secondary N) is 1. The molecule has 4 nitrogen and oxygen atoms in total. The Bertz CT molecular complexity index is 339. The van der Waals surface area contributed by atoms with E-state index in [0.717, 1.165) is 5.54 Å². The van der Waals surface area contributed by atoms with Crippen molar-refractivity contribution in [3.8, 4) is 0 Å².